The first kappa shape index (κ1) is 22.3. The molecule has 1 saturated heterocycles. The molecule has 0 saturated carbocycles. The van der Waals surface area contributed by atoms with Crippen molar-refractivity contribution in [2.75, 3.05) is 27.2 Å². The molecule has 1 fully saturated rings. The lowest BCUT2D eigenvalue weighted by molar-refractivity contribution is 0.0785. The summed E-state index contributed by atoms with van der Waals surface area (Å²) in [5.74, 6) is 0.657. The summed E-state index contributed by atoms with van der Waals surface area (Å²) < 4.78 is 32.4. The van der Waals surface area contributed by atoms with Crippen LogP contribution in [0.25, 0.3) is 10.8 Å². The second-order valence-corrected chi connectivity index (χ2v) is 10.1. The zero-order chi connectivity index (χ0) is 22.7. The molecule has 0 aromatic heterocycles. The van der Waals surface area contributed by atoms with Crippen LogP contribution in [-0.2, 0) is 16.6 Å². The molecule has 0 N–H and O–H groups in total. The number of fused-ring (bicyclic) bond motifs is 1. The minimum atomic E-state index is -3.50. The van der Waals surface area contributed by atoms with Crippen molar-refractivity contribution in [3.05, 3.63) is 71.8 Å². The van der Waals surface area contributed by atoms with E-state index in [4.69, 9.17) is 4.74 Å². The molecule has 0 radical (unpaired) electrons. The van der Waals surface area contributed by atoms with Gasteiger partial charge in [0.2, 0.25) is 10.0 Å². The molecular formula is C25H28N2O4S. The number of benzene rings is 3. The maximum absolute atomic E-state index is 12.9. The molecule has 7 heteroatoms. The Kier molecular flexibility index (Phi) is 6.48. The van der Waals surface area contributed by atoms with Gasteiger partial charge in [-0.3, -0.25) is 4.79 Å². The number of ether oxygens (including phenoxy) is 1. The molecule has 0 unspecified atom stereocenters. The van der Waals surface area contributed by atoms with Crippen LogP contribution in [0.5, 0.6) is 5.75 Å². The smallest absolute Gasteiger partial charge is 0.253 e. The van der Waals surface area contributed by atoms with Crippen LogP contribution in [-0.4, -0.2) is 50.8 Å². The topological polar surface area (TPSA) is 66.9 Å². The molecule has 32 heavy (non-hydrogen) atoms. The standard InChI is InChI=1S/C25H28N2O4S/c1-26(18-19-6-7-22-17-23(31-2)11-8-21(22)16-19)25(28)20-9-12-24(13-10-20)32(29,30)27-14-4-3-5-15-27/h6-13,16-17H,3-5,14-15,18H2,1-2H3. The average molecular weight is 453 g/mol. The number of sulfonamides is 1. The Labute approximate surface area is 189 Å². The Hall–Kier alpha value is -2.90. The second-order valence-electron chi connectivity index (χ2n) is 8.20. The SMILES string of the molecule is COc1ccc2cc(CN(C)C(=O)c3ccc(S(=O)(=O)N4CCCCC4)cc3)ccc2c1. The first-order valence-corrected chi connectivity index (χ1v) is 12.2. The van der Waals surface area contributed by atoms with Crippen molar-refractivity contribution in [2.24, 2.45) is 0 Å². The molecule has 0 spiro atoms. The van der Waals surface area contributed by atoms with Crippen molar-refractivity contribution in [1.82, 2.24) is 9.21 Å². The van der Waals surface area contributed by atoms with Gasteiger partial charge < -0.3 is 9.64 Å². The number of carbonyl (C=O) groups excluding carboxylic acids is 1. The number of hydrogen-bond donors (Lipinski definition) is 0. The Bertz CT molecular complexity index is 1220. The van der Waals surface area contributed by atoms with E-state index in [1.807, 2.05) is 30.3 Å². The van der Waals surface area contributed by atoms with Crippen LogP contribution >= 0.6 is 0 Å². The number of carbonyl (C=O) groups is 1. The van der Waals surface area contributed by atoms with E-state index in [2.05, 4.69) is 6.07 Å². The zero-order valence-electron chi connectivity index (χ0n) is 18.5. The third-order valence-corrected chi connectivity index (χ3v) is 7.85. The Balaban J connectivity index is 1.46. The third kappa shape index (κ3) is 4.64. The van der Waals surface area contributed by atoms with E-state index in [9.17, 15) is 13.2 Å². The van der Waals surface area contributed by atoms with Gasteiger partial charge in [0.25, 0.3) is 5.91 Å². The molecule has 3 aromatic rings. The predicted octanol–water partition coefficient (Wildman–Crippen LogP) is 4.30. The fourth-order valence-corrected chi connectivity index (χ4v) is 5.61. The van der Waals surface area contributed by atoms with Crippen molar-refractivity contribution in [3.63, 3.8) is 0 Å². The molecule has 1 amide bonds. The molecular weight excluding hydrogens is 424 g/mol. The van der Waals surface area contributed by atoms with Crippen molar-refractivity contribution in [2.45, 2.75) is 30.7 Å². The molecule has 6 nitrogen and oxygen atoms in total. The van der Waals surface area contributed by atoms with Crippen molar-refractivity contribution < 1.29 is 17.9 Å². The van der Waals surface area contributed by atoms with Gasteiger partial charge in [-0.15, -0.1) is 0 Å². The summed E-state index contributed by atoms with van der Waals surface area (Å²) in [5, 5.41) is 2.16. The summed E-state index contributed by atoms with van der Waals surface area (Å²) in [4.78, 5) is 14.8. The number of piperidine rings is 1. The summed E-state index contributed by atoms with van der Waals surface area (Å²) in [6.07, 6.45) is 2.85. The number of amides is 1. The summed E-state index contributed by atoms with van der Waals surface area (Å²) in [5.41, 5.74) is 1.48. The van der Waals surface area contributed by atoms with Crippen LogP contribution in [0.3, 0.4) is 0 Å². The molecule has 1 heterocycles. The molecule has 0 bridgehead atoms. The Morgan fingerprint density at radius 1 is 0.938 bits per heavy atom. The largest absolute Gasteiger partial charge is 0.497 e. The predicted molar refractivity (Wildman–Crippen MR) is 125 cm³/mol. The fourth-order valence-electron chi connectivity index (χ4n) is 4.09. The first-order valence-electron chi connectivity index (χ1n) is 10.8. The molecule has 1 aliphatic heterocycles. The number of hydrogen-bond acceptors (Lipinski definition) is 4. The minimum Gasteiger partial charge on any atom is -0.497 e. The minimum absolute atomic E-state index is 0.151. The number of methoxy groups -OCH3 is 1. The maximum atomic E-state index is 12.9. The van der Waals surface area contributed by atoms with E-state index >= 15 is 0 Å². The lowest BCUT2D eigenvalue weighted by Crippen LogP contribution is -2.35. The second kappa shape index (κ2) is 9.30. The first-order chi connectivity index (χ1) is 15.4. The van der Waals surface area contributed by atoms with E-state index < -0.39 is 10.0 Å². The fraction of sp³-hybridized carbons (Fsp3) is 0.320. The summed E-state index contributed by atoms with van der Waals surface area (Å²) >= 11 is 0. The number of nitrogens with zero attached hydrogens (tertiary/aromatic N) is 2. The van der Waals surface area contributed by atoms with Crippen LogP contribution in [0.2, 0.25) is 0 Å². The summed E-state index contributed by atoms with van der Waals surface area (Å²) in [7, 11) is -0.106. The van der Waals surface area contributed by atoms with Gasteiger partial charge >= 0.3 is 0 Å². The summed E-state index contributed by atoms with van der Waals surface area (Å²) in [6, 6.07) is 18.3. The van der Waals surface area contributed by atoms with E-state index in [-0.39, 0.29) is 10.8 Å². The van der Waals surface area contributed by atoms with Crippen molar-refractivity contribution in [1.29, 1.82) is 0 Å². The molecule has 4 rings (SSSR count). The van der Waals surface area contributed by atoms with Gasteiger partial charge in [0, 0.05) is 32.2 Å². The van der Waals surface area contributed by atoms with Gasteiger partial charge in [-0.25, -0.2) is 8.42 Å². The van der Waals surface area contributed by atoms with Crippen LogP contribution in [0.15, 0.2) is 65.6 Å². The monoisotopic (exact) mass is 452 g/mol. The van der Waals surface area contributed by atoms with E-state index in [0.29, 0.717) is 25.2 Å². The Morgan fingerprint density at radius 2 is 1.59 bits per heavy atom. The highest BCUT2D eigenvalue weighted by Crippen LogP contribution is 2.24. The Morgan fingerprint density at radius 3 is 2.28 bits per heavy atom. The van der Waals surface area contributed by atoms with Crippen molar-refractivity contribution in [3.8, 4) is 5.75 Å². The molecule has 0 aliphatic carbocycles. The molecule has 3 aromatic carbocycles. The molecule has 1 aliphatic rings. The average Bonchev–Trinajstić information content (AvgIpc) is 2.83. The lowest BCUT2D eigenvalue weighted by Gasteiger charge is -2.26. The van der Waals surface area contributed by atoms with Crippen LogP contribution in [0.1, 0.15) is 35.2 Å². The number of rotatable bonds is 6. The van der Waals surface area contributed by atoms with E-state index in [0.717, 1.165) is 41.3 Å². The maximum Gasteiger partial charge on any atom is 0.253 e. The summed E-state index contributed by atoms with van der Waals surface area (Å²) in [6.45, 7) is 1.57. The van der Waals surface area contributed by atoms with Crippen LogP contribution in [0, 0.1) is 0 Å². The van der Waals surface area contributed by atoms with Gasteiger partial charge in [-0.1, -0.05) is 24.6 Å². The van der Waals surface area contributed by atoms with Crippen LogP contribution in [0.4, 0.5) is 0 Å². The van der Waals surface area contributed by atoms with Gasteiger partial charge in [-0.2, -0.15) is 4.31 Å². The van der Waals surface area contributed by atoms with E-state index in [1.54, 1.807) is 31.2 Å². The van der Waals surface area contributed by atoms with Gasteiger partial charge in [0.15, 0.2) is 0 Å². The highest BCUT2D eigenvalue weighted by atomic mass is 32.2. The molecule has 168 valence electrons. The lowest BCUT2D eigenvalue weighted by atomic mass is 10.1. The normalized spacial score (nSPS) is 14.9. The molecule has 0 atom stereocenters. The highest BCUT2D eigenvalue weighted by molar-refractivity contribution is 7.89. The van der Waals surface area contributed by atoms with Gasteiger partial charge in [-0.05, 0) is 71.6 Å². The van der Waals surface area contributed by atoms with E-state index in [1.165, 1.54) is 16.4 Å². The third-order valence-electron chi connectivity index (χ3n) is 5.93. The zero-order valence-corrected chi connectivity index (χ0v) is 19.3. The van der Waals surface area contributed by atoms with Crippen LogP contribution < -0.4 is 4.74 Å². The van der Waals surface area contributed by atoms with Crippen molar-refractivity contribution >= 4 is 26.7 Å². The highest BCUT2D eigenvalue weighted by Gasteiger charge is 2.26. The quantitative estimate of drug-likeness (QED) is 0.559. The van der Waals surface area contributed by atoms with Gasteiger partial charge in [0.05, 0.1) is 12.0 Å². The van der Waals surface area contributed by atoms with Gasteiger partial charge in [0.1, 0.15) is 5.75 Å².